The van der Waals surface area contributed by atoms with Crippen molar-refractivity contribution in [3.8, 4) is 0 Å². The topological polar surface area (TPSA) is 71.8 Å². The van der Waals surface area contributed by atoms with E-state index in [-0.39, 0.29) is 5.82 Å². The fourth-order valence-corrected chi connectivity index (χ4v) is 2.37. The van der Waals surface area contributed by atoms with Gasteiger partial charge in [-0.15, -0.1) is 0 Å². The van der Waals surface area contributed by atoms with E-state index in [1.54, 1.807) is 47.4 Å². The zero-order chi connectivity index (χ0) is 16.9. The molecule has 1 aromatic carbocycles. The Kier molecular flexibility index (Phi) is 4.51. The van der Waals surface area contributed by atoms with Gasteiger partial charge in [-0.25, -0.2) is 14.2 Å². The van der Waals surface area contributed by atoms with E-state index in [1.165, 1.54) is 18.3 Å². The van der Waals surface area contributed by atoms with Crippen LogP contribution in [0.4, 0.5) is 14.9 Å². The molecule has 3 rings (SSSR count). The number of aryl methyl sites for hydroxylation is 1. The van der Waals surface area contributed by atoms with Crippen LogP contribution in [-0.2, 0) is 7.05 Å². The van der Waals surface area contributed by atoms with Crippen molar-refractivity contribution in [3.05, 3.63) is 78.4 Å². The van der Waals surface area contributed by atoms with Gasteiger partial charge in [0.25, 0.3) is 0 Å². The summed E-state index contributed by atoms with van der Waals surface area (Å²) in [5, 5.41) is 5.52. The van der Waals surface area contributed by atoms with E-state index in [9.17, 15) is 9.18 Å². The van der Waals surface area contributed by atoms with E-state index in [0.717, 1.165) is 0 Å². The molecule has 3 aromatic rings. The monoisotopic (exact) mass is 325 g/mol. The van der Waals surface area contributed by atoms with Crippen LogP contribution in [0.25, 0.3) is 0 Å². The van der Waals surface area contributed by atoms with Crippen molar-refractivity contribution in [1.29, 1.82) is 0 Å². The number of halogens is 1. The van der Waals surface area contributed by atoms with Crippen molar-refractivity contribution in [2.75, 3.05) is 5.32 Å². The summed E-state index contributed by atoms with van der Waals surface area (Å²) in [6.07, 6.45) is 6.55. The highest BCUT2D eigenvalue weighted by atomic mass is 19.1. The summed E-state index contributed by atoms with van der Waals surface area (Å²) in [6, 6.07) is 8.51. The smallest absolute Gasteiger partial charge is 0.320 e. The average Bonchev–Trinajstić information content (AvgIpc) is 2.99. The molecular weight excluding hydrogens is 309 g/mol. The van der Waals surface area contributed by atoms with Crippen LogP contribution in [0.15, 0.2) is 61.2 Å². The first-order valence-electron chi connectivity index (χ1n) is 7.34. The van der Waals surface area contributed by atoms with Crippen molar-refractivity contribution < 1.29 is 9.18 Å². The molecule has 0 bridgehead atoms. The predicted molar refractivity (Wildman–Crippen MR) is 87.8 cm³/mol. The molecule has 7 heteroatoms. The SMILES string of the molecule is Cn1ccnc1C(NC(=O)Nc1cccnc1)c1cccc(F)c1. The van der Waals surface area contributed by atoms with Gasteiger partial charge in [0.15, 0.2) is 0 Å². The molecule has 0 spiro atoms. The molecule has 0 fully saturated rings. The van der Waals surface area contributed by atoms with Crippen LogP contribution in [0, 0.1) is 5.82 Å². The molecule has 2 N–H and O–H groups in total. The molecule has 24 heavy (non-hydrogen) atoms. The van der Waals surface area contributed by atoms with E-state index in [1.807, 2.05) is 7.05 Å². The van der Waals surface area contributed by atoms with E-state index < -0.39 is 12.1 Å². The number of amides is 2. The van der Waals surface area contributed by atoms with Gasteiger partial charge in [-0.3, -0.25) is 4.98 Å². The Labute approximate surface area is 138 Å². The molecule has 2 amide bonds. The molecule has 0 aliphatic carbocycles. The molecule has 2 aromatic heterocycles. The van der Waals surface area contributed by atoms with Gasteiger partial charge in [0.1, 0.15) is 17.7 Å². The second-order valence-electron chi connectivity index (χ2n) is 5.22. The fourth-order valence-electron chi connectivity index (χ4n) is 2.37. The minimum Gasteiger partial charge on any atom is -0.336 e. The number of rotatable bonds is 4. The number of carbonyl (C=O) groups is 1. The number of nitrogens with zero attached hydrogens (tertiary/aromatic N) is 3. The molecule has 122 valence electrons. The lowest BCUT2D eigenvalue weighted by Crippen LogP contribution is -2.34. The third kappa shape index (κ3) is 3.57. The zero-order valence-corrected chi connectivity index (χ0v) is 13.0. The minimum atomic E-state index is -0.586. The Morgan fingerprint density at radius 3 is 2.79 bits per heavy atom. The number of nitrogens with one attached hydrogen (secondary N) is 2. The summed E-state index contributed by atoms with van der Waals surface area (Å²) in [5.41, 5.74) is 1.17. The Morgan fingerprint density at radius 1 is 1.25 bits per heavy atom. The van der Waals surface area contributed by atoms with Gasteiger partial charge in [-0.2, -0.15) is 0 Å². The van der Waals surface area contributed by atoms with Crippen LogP contribution in [-0.4, -0.2) is 20.6 Å². The number of hydrogen-bond acceptors (Lipinski definition) is 3. The van der Waals surface area contributed by atoms with Gasteiger partial charge in [0, 0.05) is 25.6 Å². The van der Waals surface area contributed by atoms with Crippen LogP contribution in [0.3, 0.4) is 0 Å². The number of aromatic nitrogens is 3. The van der Waals surface area contributed by atoms with Crippen molar-refractivity contribution in [1.82, 2.24) is 19.9 Å². The van der Waals surface area contributed by atoms with Gasteiger partial charge < -0.3 is 15.2 Å². The second kappa shape index (κ2) is 6.91. The summed E-state index contributed by atoms with van der Waals surface area (Å²) < 4.78 is 15.4. The first kappa shape index (κ1) is 15.7. The average molecular weight is 325 g/mol. The molecule has 0 saturated heterocycles. The van der Waals surface area contributed by atoms with Crippen LogP contribution in [0.1, 0.15) is 17.4 Å². The van der Waals surface area contributed by atoms with Crippen molar-refractivity contribution in [3.63, 3.8) is 0 Å². The molecule has 0 aliphatic rings. The first-order valence-corrected chi connectivity index (χ1v) is 7.34. The fraction of sp³-hybridized carbons (Fsp3) is 0.118. The molecule has 0 radical (unpaired) electrons. The van der Waals surface area contributed by atoms with Crippen LogP contribution >= 0.6 is 0 Å². The summed E-state index contributed by atoms with van der Waals surface area (Å²) in [7, 11) is 1.81. The molecule has 0 saturated carbocycles. The van der Waals surface area contributed by atoms with Gasteiger partial charge >= 0.3 is 6.03 Å². The third-order valence-electron chi connectivity index (χ3n) is 3.49. The highest BCUT2D eigenvalue weighted by molar-refractivity contribution is 5.89. The number of urea groups is 1. The molecule has 0 aliphatic heterocycles. The van der Waals surface area contributed by atoms with Crippen LogP contribution in [0.2, 0.25) is 0 Å². The van der Waals surface area contributed by atoms with Crippen LogP contribution in [0.5, 0.6) is 0 Å². The second-order valence-corrected chi connectivity index (χ2v) is 5.22. The highest BCUT2D eigenvalue weighted by Crippen LogP contribution is 2.21. The third-order valence-corrected chi connectivity index (χ3v) is 3.49. The van der Waals surface area contributed by atoms with Crippen molar-refractivity contribution >= 4 is 11.7 Å². The summed E-state index contributed by atoms with van der Waals surface area (Å²) in [5.74, 6) is 0.225. The Morgan fingerprint density at radius 2 is 2.12 bits per heavy atom. The molecule has 1 unspecified atom stereocenters. The largest absolute Gasteiger partial charge is 0.336 e. The van der Waals surface area contributed by atoms with Crippen LogP contribution < -0.4 is 10.6 Å². The van der Waals surface area contributed by atoms with Crippen molar-refractivity contribution in [2.24, 2.45) is 7.05 Å². The highest BCUT2D eigenvalue weighted by Gasteiger charge is 2.21. The zero-order valence-electron chi connectivity index (χ0n) is 13.0. The number of carbonyl (C=O) groups excluding carboxylic acids is 1. The summed E-state index contributed by atoms with van der Waals surface area (Å²) in [6.45, 7) is 0. The van der Waals surface area contributed by atoms with E-state index in [0.29, 0.717) is 17.1 Å². The Bertz CT molecular complexity index is 834. The molecule has 6 nitrogen and oxygen atoms in total. The maximum Gasteiger partial charge on any atom is 0.320 e. The number of benzene rings is 1. The first-order chi connectivity index (χ1) is 11.6. The van der Waals surface area contributed by atoms with Gasteiger partial charge in [-0.1, -0.05) is 12.1 Å². The summed E-state index contributed by atoms with van der Waals surface area (Å²) in [4.78, 5) is 20.5. The van der Waals surface area contributed by atoms with Gasteiger partial charge in [0.05, 0.1) is 11.9 Å². The quantitative estimate of drug-likeness (QED) is 0.775. The lowest BCUT2D eigenvalue weighted by molar-refractivity contribution is 0.249. The predicted octanol–water partition coefficient (Wildman–Crippen LogP) is 2.87. The maximum absolute atomic E-state index is 13.6. The minimum absolute atomic E-state index is 0.374. The van der Waals surface area contributed by atoms with Gasteiger partial charge in [0.2, 0.25) is 0 Å². The molecule has 1 atom stereocenters. The van der Waals surface area contributed by atoms with E-state index in [4.69, 9.17) is 0 Å². The normalized spacial score (nSPS) is 11.8. The Balaban J connectivity index is 1.85. The summed E-state index contributed by atoms with van der Waals surface area (Å²) >= 11 is 0. The van der Waals surface area contributed by atoms with Gasteiger partial charge in [-0.05, 0) is 29.8 Å². The maximum atomic E-state index is 13.6. The number of anilines is 1. The number of imidazole rings is 1. The van der Waals surface area contributed by atoms with Crippen molar-refractivity contribution in [2.45, 2.75) is 6.04 Å². The lowest BCUT2D eigenvalue weighted by Gasteiger charge is -2.19. The number of pyridine rings is 1. The lowest BCUT2D eigenvalue weighted by atomic mass is 10.1. The standard InChI is InChI=1S/C17H16FN5O/c1-23-9-8-20-16(23)15(12-4-2-5-13(18)10-12)22-17(24)21-14-6-3-7-19-11-14/h2-11,15H,1H3,(H2,21,22,24). The molecular formula is C17H16FN5O. The Hall–Kier alpha value is -3.22. The van der Waals surface area contributed by atoms with E-state index >= 15 is 0 Å². The van der Waals surface area contributed by atoms with E-state index in [2.05, 4.69) is 20.6 Å². The molecule has 2 heterocycles. The number of hydrogen-bond donors (Lipinski definition) is 2.